The minimum Gasteiger partial charge on any atom is -0.466 e. The number of ether oxygens (including phenoxy) is 1. The third kappa shape index (κ3) is 45.9. The third-order valence-corrected chi connectivity index (χ3v) is 12.3. The van der Waals surface area contributed by atoms with Crippen LogP contribution in [0.1, 0.15) is 290 Å². The van der Waals surface area contributed by atoms with E-state index in [1.54, 1.807) is 0 Å². The average molecular weight is 834 g/mol. The predicted octanol–water partition coefficient (Wildman–Crippen LogP) is 15.7. The van der Waals surface area contributed by atoms with Crippen molar-refractivity contribution in [2.24, 2.45) is 0 Å². The number of allylic oxidation sites excluding steroid dienone is 2. The topological polar surface area (TPSA) is 95.9 Å². The minimum atomic E-state index is -0.665. The summed E-state index contributed by atoms with van der Waals surface area (Å²) in [6.45, 7) is 4.92. The number of carbonyl (C=O) groups excluding carboxylic acids is 2. The zero-order valence-electron chi connectivity index (χ0n) is 39.7. The van der Waals surface area contributed by atoms with Crippen molar-refractivity contribution in [2.75, 3.05) is 13.2 Å². The van der Waals surface area contributed by atoms with Gasteiger partial charge in [0.15, 0.2) is 0 Å². The molecule has 0 saturated heterocycles. The molecule has 0 aliphatic heterocycles. The van der Waals surface area contributed by atoms with Gasteiger partial charge in [-0.05, 0) is 51.4 Å². The van der Waals surface area contributed by atoms with Gasteiger partial charge in [-0.15, -0.1) is 0 Å². The van der Waals surface area contributed by atoms with Gasteiger partial charge in [0.05, 0.1) is 25.4 Å². The van der Waals surface area contributed by atoms with Crippen LogP contribution in [0.3, 0.4) is 0 Å². The van der Waals surface area contributed by atoms with Crippen LogP contribution in [-0.4, -0.2) is 47.4 Å². The Hall–Kier alpha value is -1.40. The second kappa shape index (κ2) is 49.3. The monoisotopic (exact) mass is 834 g/mol. The molecule has 6 nitrogen and oxygen atoms in total. The van der Waals surface area contributed by atoms with E-state index in [-0.39, 0.29) is 18.5 Å². The lowest BCUT2D eigenvalue weighted by Gasteiger charge is -2.22. The van der Waals surface area contributed by atoms with E-state index in [0.29, 0.717) is 25.9 Å². The van der Waals surface area contributed by atoms with Gasteiger partial charge >= 0.3 is 5.97 Å². The Morgan fingerprint density at radius 1 is 0.458 bits per heavy atom. The molecule has 59 heavy (non-hydrogen) atoms. The lowest BCUT2D eigenvalue weighted by Crippen LogP contribution is -2.45. The standard InChI is InChI=1S/C53H103NO5/c1-3-5-7-9-11-13-26-31-35-39-43-47-53(58)59-48-44-40-36-32-28-25-23-21-19-17-15-14-16-18-20-22-24-27-30-34-38-42-46-52(57)54-50(49-55)51(56)45-41-37-33-29-12-10-8-6-4-2/h16,18,50-51,55-56H,3-15,17,19-49H2,1-2H3,(H,54,57)/b18-16-. The average Bonchev–Trinajstić information content (AvgIpc) is 3.24. The van der Waals surface area contributed by atoms with Crippen molar-refractivity contribution in [1.82, 2.24) is 5.32 Å². The molecule has 0 aliphatic carbocycles. The smallest absolute Gasteiger partial charge is 0.305 e. The van der Waals surface area contributed by atoms with Crippen molar-refractivity contribution in [1.29, 1.82) is 0 Å². The fourth-order valence-corrected chi connectivity index (χ4v) is 8.22. The highest BCUT2D eigenvalue weighted by molar-refractivity contribution is 5.76. The molecular formula is C53H103NO5. The number of carbonyl (C=O) groups is 2. The second-order valence-electron chi connectivity index (χ2n) is 18.2. The van der Waals surface area contributed by atoms with Crippen LogP contribution < -0.4 is 5.32 Å². The van der Waals surface area contributed by atoms with Crippen molar-refractivity contribution in [2.45, 2.75) is 302 Å². The van der Waals surface area contributed by atoms with Crippen LogP contribution in [0.25, 0.3) is 0 Å². The Morgan fingerprint density at radius 3 is 1.20 bits per heavy atom. The summed E-state index contributed by atoms with van der Waals surface area (Å²) < 4.78 is 5.45. The Labute approximate surface area is 368 Å². The molecule has 350 valence electrons. The molecule has 0 radical (unpaired) electrons. The molecule has 0 heterocycles. The first-order valence-corrected chi connectivity index (χ1v) is 26.4. The van der Waals surface area contributed by atoms with Gasteiger partial charge in [-0.25, -0.2) is 0 Å². The highest BCUT2D eigenvalue weighted by atomic mass is 16.5. The summed E-state index contributed by atoms with van der Waals surface area (Å²) in [7, 11) is 0. The maximum absolute atomic E-state index is 12.4. The molecule has 0 aromatic heterocycles. The molecule has 2 unspecified atom stereocenters. The van der Waals surface area contributed by atoms with Gasteiger partial charge in [0.1, 0.15) is 0 Å². The zero-order chi connectivity index (χ0) is 43.0. The molecule has 0 aromatic rings. The summed E-state index contributed by atoms with van der Waals surface area (Å²) >= 11 is 0. The molecule has 0 aromatic carbocycles. The predicted molar refractivity (Wildman–Crippen MR) is 255 cm³/mol. The molecule has 1 amide bonds. The molecular weight excluding hydrogens is 731 g/mol. The number of rotatable bonds is 49. The number of hydrogen-bond donors (Lipinski definition) is 3. The van der Waals surface area contributed by atoms with E-state index >= 15 is 0 Å². The fourth-order valence-electron chi connectivity index (χ4n) is 8.22. The van der Waals surface area contributed by atoms with Crippen LogP contribution >= 0.6 is 0 Å². The van der Waals surface area contributed by atoms with Gasteiger partial charge in [-0.2, -0.15) is 0 Å². The first-order valence-electron chi connectivity index (χ1n) is 26.4. The Bertz CT molecular complexity index is 878. The Morgan fingerprint density at radius 2 is 0.797 bits per heavy atom. The lowest BCUT2D eigenvalue weighted by molar-refractivity contribution is -0.143. The van der Waals surface area contributed by atoms with Crippen molar-refractivity contribution >= 4 is 11.9 Å². The maximum Gasteiger partial charge on any atom is 0.305 e. The van der Waals surface area contributed by atoms with Crippen molar-refractivity contribution in [3.8, 4) is 0 Å². The second-order valence-corrected chi connectivity index (χ2v) is 18.2. The van der Waals surface area contributed by atoms with Crippen molar-refractivity contribution < 1.29 is 24.5 Å². The molecule has 3 N–H and O–H groups in total. The SMILES string of the molecule is CCCCCCCCCCCCCC(=O)OCCCCCCCCCCCCC/C=C\CCCCCCCCCC(=O)NC(CO)C(O)CCCCCCCCCCC. The number of hydrogen-bond acceptors (Lipinski definition) is 5. The number of unbranched alkanes of at least 4 members (excludes halogenated alkanes) is 36. The molecule has 0 bridgehead atoms. The van der Waals surface area contributed by atoms with Crippen LogP contribution in [0.15, 0.2) is 12.2 Å². The van der Waals surface area contributed by atoms with Gasteiger partial charge in [-0.3, -0.25) is 9.59 Å². The Kier molecular flexibility index (Phi) is 48.1. The van der Waals surface area contributed by atoms with Crippen molar-refractivity contribution in [3.05, 3.63) is 12.2 Å². The van der Waals surface area contributed by atoms with E-state index in [2.05, 4.69) is 31.3 Å². The largest absolute Gasteiger partial charge is 0.466 e. The van der Waals surface area contributed by atoms with Crippen LogP contribution in [0, 0.1) is 0 Å². The van der Waals surface area contributed by atoms with Gasteiger partial charge in [-0.1, -0.05) is 238 Å². The number of aliphatic hydroxyl groups excluding tert-OH is 2. The maximum atomic E-state index is 12.4. The van der Waals surface area contributed by atoms with E-state index < -0.39 is 12.1 Å². The summed E-state index contributed by atoms with van der Waals surface area (Å²) in [4.78, 5) is 24.4. The van der Waals surface area contributed by atoms with Gasteiger partial charge in [0, 0.05) is 12.8 Å². The highest BCUT2D eigenvalue weighted by Gasteiger charge is 2.20. The number of amides is 1. The minimum absolute atomic E-state index is 0.00952. The first kappa shape index (κ1) is 57.6. The van der Waals surface area contributed by atoms with E-state index in [1.807, 2.05) is 0 Å². The van der Waals surface area contributed by atoms with E-state index in [0.717, 1.165) is 38.5 Å². The van der Waals surface area contributed by atoms with Gasteiger partial charge in [0.25, 0.3) is 0 Å². The first-order chi connectivity index (χ1) is 29.0. The summed E-state index contributed by atoms with van der Waals surface area (Å²) in [5, 5.41) is 23.1. The highest BCUT2D eigenvalue weighted by Crippen LogP contribution is 2.16. The van der Waals surface area contributed by atoms with E-state index in [9.17, 15) is 19.8 Å². The molecule has 0 saturated carbocycles. The summed E-state index contributed by atoms with van der Waals surface area (Å²) in [6.07, 6.45) is 56.3. The molecule has 0 fully saturated rings. The molecule has 0 aliphatic rings. The summed E-state index contributed by atoms with van der Waals surface area (Å²) in [6, 6.07) is -0.543. The molecule has 0 rings (SSSR count). The van der Waals surface area contributed by atoms with E-state index in [4.69, 9.17) is 4.74 Å². The summed E-state index contributed by atoms with van der Waals surface area (Å²) in [5.41, 5.74) is 0. The fraction of sp³-hybridized carbons (Fsp3) is 0.925. The molecule has 0 spiro atoms. The quantitative estimate of drug-likeness (QED) is 0.0322. The van der Waals surface area contributed by atoms with Gasteiger partial charge < -0.3 is 20.3 Å². The van der Waals surface area contributed by atoms with Crippen molar-refractivity contribution in [3.63, 3.8) is 0 Å². The Balaban J connectivity index is 3.39. The molecule has 6 heteroatoms. The van der Waals surface area contributed by atoms with Crippen LogP contribution in [0.4, 0.5) is 0 Å². The molecule has 2 atom stereocenters. The van der Waals surface area contributed by atoms with Crippen LogP contribution in [-0.2, 0) is 14.3 Å². The third-order valence-electron chi connectivity index (χ3n) is 12.3. The normalized spacial score (nSPS) is 12.7. The van der Waals surface area contributed by atoms with E-state index in [1.165, 1.54) is 218 Å². The van der Waals surface area contributed by atoms with Gasteiger partial charge in [0.2, 0.25) is 5.91 Å². The van der Waals surface area contributed by atoms with Crippen LogP contribution in [0.2, 0.25) is 0 Å². The van der Waals surface area contributed by atoms with Crippen LogP contribution in [0.5, 0.6) is 0 Å². The zero-order valence-corrected chi connectivity index (χ0v) is 39.7. The lowest BCUT2D eigenvalue weighted by atomic mass is 10.0. The number of aliphatic hydroxyl groups is 2. The number of nitrogens with one attached hydrogen (secondary N) is 1. The summed E-state index contributed by atoms with van der Waals surface area (Å²) in [5.74, 6) is -0.0345. The number of esters is 1.